The number of rotatable bonds is 1. The van der Waals surface area contributed by atoms with Gasteiger partial charge in [-0.2, -0.15) is 5.26 Å². The molecule has 7 heteroatoms. The summed E-state index contributed by atoms with van der Waals surface area (Å²) in [5, 5.41) is 24.9. The first-order chi connectivity index (χ1) is 7.70. The highest BCUT2D eigenvalue weighted by Crippen LogP contribution is 2.21. The average Bonchev–Trinajstić information content (AvgIpc) is 2.77. The van der Waals surface area contributed by atoms with Gasteiger partial charge in [-0.25, -0.2) is 9.48 Å². The van der Waals surface area contributed by atoms with Crippen molar-refractivity contribution in [1.29, 1.82) is 5.26 Å². The topological polar surface area (TPSA) is 95.0 Å². The van der Waals surface area contributed by atoms with Crippen LogP contribution in [0.1, 0.15) is 24.6 Å². The largest absolute Gasteiger partial charge is 0.465 e. The van der Waals surface area contributed by atoms with Crippen molar-refractivity contribution in [3.63, 3.8) is 0 Å². The van der Waals surface area contributed by atoms with E-state index in [4.69, 9.17) is 10.4 Å². The fourth-order valence-corrected chi connectivity index (χ4v) is 1.83. The Morgan fingerprint density at radius 2 is 2.25 bits per heavy atom. The molecule has 0 saturated carbocycles. The van der Waals surface area contributed by atoms with Crippen molar-refractivity contribution in [3.8, 4) is 6.07 Å². The van der Waals surface area contributed by atoms with E-state index in [0.29, 0.717) is 31.6 Å². The van der Waals surface area contributed by atoms with E-state index in [-0.39, 0.29) is 6.04 Å². The maximum Gasteiger partial charge on any atom is 0.407 e. The molecule has 1 amide bonds. The highest BCUT2D eigenvalue weighted by molar-refractivity contribution is 5.64. The predicted octanol–water partition coefficient (Wildman–Crippen LogP) is 0.465. The summed E-state index contributed by atoms with van der Waals surface area (Å²) in [6, 6.07) is 2.06. The first-order valence-electron chi connectivity index (χ1n) is 5.00. The lowest BCUT2D eigenvalue weighted by Gasteiger charge is -2.29. The van der Waals surface area contributed by atoms with Gasteiger partial charge in [0.25, 0.3) is 0 Å². The number of carbonyl (C=O) groups is 1. The van der Waals surface area contributed by atoms with E-state index in [9.17, 15) is 4.79 Å². The van der Waals surface area contributed by atoms with Crippen LogP contribution in [-0.4, -0.2) is 44.2 Å². The number of likely N-dealkylation sites (tertiary alicyclic amines) is 1. The fourth-order valence-electron chi connectivity index (χ4n) is 1.83. The first kappa shape index (κ1) is 10.4. The SMILES string of the molecule is N#Cc1cn(C2CCN(C(=O)O)CC2)nn1. The third-order valence-electron chi connectivity index (χ3n) is 2.73. The summed E-state index contributed by atoms with van der Waals surface area (Å²) in [6.07, 6.45) is 2.14. The third-order valence-corrected chi connectivity index (χ3v) is 2.73. The van der Waals surface area contributed by atoms with E-state index in [1.54, 1.807) is 10.9 Å². The molecule has 84 valence electrons. The van der Waals surface area contributed by atoms with Crippen molar-refractivity contribution < 1.29 is 9.90 Å². The number of nitrogens with zero attached hydrogens (tertiary/aromatic N) is 5. The van der Waals surface area contributed by atoms with E-state index >= 15 is 0 Å². The highest BCUT2D eigenvalue weighted by atomic mass is 16.4. The van der Waals surface area contributed by atoms with Gasteiger partial charge in [-0.1, -0.05) is 5.21 Å². The molecule has 0 aliphatic carbocycles. The van der Waals surface area contributed by atoms with Gasteiger partial charge in [-0.05, 0) is 12.8 Å². The molecule has 1 aliphatic heterocycles. The summed E-state index contributed by atoms with van der Waals surface area (Å²) in [5.74, 6) is 0. The van der Waals surface area contributed by atoms with Crippen LogP contribution in [0.2, 0.25) is 0 Å². The minimum Gasteiger partial charge on any atom is -0.465 e. The molecular formula is C9H11N5O2. The van der Waals surface area contributed by atoms with Gasteiger partial charge in [-0.3, -0.25) is 0 Å². The molecule has 0 atom stereocenters. The summed E-state index contributed by atoms with van der Waals surface area (Å²) < 4.78 is 1.65. The quantitative estimate of drug-likeness (QED) is 0.743. The lowest BCUT2D eigenvalue weighted by Crippen LogP contribution is -2.38. The number of aromatic nitrogens is 3. The maximum absolute atomic E-state index is 10.7. The van der Waals surface area contributed by atoms with E-state index in [2.05, 4.69) is 10.3 Å². The Morgan fingerprint density at radius 3 is 2.75 bits per heavy atom. The van der Waals surface area contributed by atoms with Crippen LogP contribution in [0.4, 0.5) is 4.79 Å². The van der Waals surface area contributed by atoms with Crippen molar-refractivity contribution in [2.75, 3.05) is 13.1 Å². The van der Waals surface area contributed by atoms with Crippen LogP contribution in [-0.2, 0) is 0 Å². The van der Waals surface area contributed by atoms with Gasteiger partial charge in [0.1, 0.15) is 6.07 Å². The monoisotopic (exact) mass is 221 g/mol. The van der Waals surface area contributed by atoms with E-state index in [0.717, 1.165) is 0 Å². The number of hydrogen-bond acceptors (Lipinski definition) is 4. The lowest BCUT2D eigenvalue weighted by molar-refractivity contribution is 0.123. The van der Waals surface area contributed by atoms with Crippen LogP contribution >= 0.6 is 0 Å². The zero-order valence-electron chi connectivity index (χ0n) is 8.57. The molecule has 7 nitrogen and oxygen atoms in total. The summed E-state index contributed by atoms with van der Waals surface area (Å²) in [7, 11) is 0. The molecule has 2 rings (SSSR count). The Labute approximate surface area is 91.9 Å². The molecule has 1 aromatic heterocycles. The van der Waals surface area contributed by atoms with Gasteiger partial charge in [-0.15, -0.1) is 5.10 Å². The smallest absolute Gasteiger partial charge is 0.407 e. The average molecular weight is 221 g/mol. The predicted molar refractivity (Wildman–Crippen MR) is 52.6 cm³/mol. The Morgan fingerprint density at radius 1 is 1.56 bits per heavy atom. The molecule has 1 fully saturated rings. The van der Waals surface area contributed by atoms with Crippen LogP contribution in [0.25, 0.3) is 0 Å². The Bertz CT molecular complexity index is 427. The van der Waals surface area contributed by atoms with Crippen LogP contribution in [0, 0.1) is 11.3 Å². The minimum atomic E-state index is -0.880. The molecule has 0 radical (unpaired) electrons. The molecule has 1 N–H and O–H groups in total. The second kappa shape index (κ2) is 4.18. The van der Waals surface area contributed by atoms with Crippen molar-refractivity contribution in [2.45, 2.75) is 18.9 Å². The fraction of sp³-hybridized carbons (Fsp3) is 0.556. The summed E-state index contributed by atoms with van der Waals surface area (Å²) in [6.45, 7) is 1.00. The molecule has 2 heterocycles. The van der Waals surface area contributed by atoms with Crippen molar-refractivity contribution in [2.24, 2.45) is 0 Å². The van der Waals surface area contributed by atoms with Gasteiger partial charge in [0.15, 0.2) is 5.69 Å². The Kier molecular flexibility index (Phi) is 2.72. The highest BCUT2D eigenvalue weighted by Gasteiger charge is 2.24. The number of hydrogen-bond donors (Lipinski definition) is 1. The van der Waals surface area contributed by atoms with Gasteiger partial charge < -0.3 is 10.0 Å². The van der Waals surface area contributed by atoms with Crippen molar-refractivity contribution in [1.82, 2.24) is 19.9 Å². The third kappa shape index (κ3) is 1.95. The molecule has 0 unspecified atom stereocenters. The summed E-state index contributed by atoms with van der Waals surface area (Å²) >= 11 is 0. The van der Waals surface area contributed by atoms with Gasteiger partial charge >= 0.3 is 6.09 Å². The van der Waals surface area contributed by atoms with Crippen LogP contribution in [0.5, 0.6) is 0 Å². The molecular weight excluding hydrogens is 210 g/mol. The van der Waals surface area contributed by atoms with E-state index in [1.165, 1.54) is 4.90 Å². The number of piperidine rings is 1. The first-order valence-corrected chi connectivity index (χ1v) is 5.00. The second-order valence-electron chi connectivity index (χ2n) is 3.70. The molecule has 0 bridgehead atoms. The summed E-state index contributed by atoms with van der Waals surface area (Å²) in [4.78, 5) is 12.1. The van der Waals surface area contributed by atoms with E-state index in [1.807, 2.05) is 6.07 Å². The Hall–Kier alpha value is -2.10. The van der Waals surface area contributed by atoms with E-state index < -0.39 is 6.09 Å². The number of amides is 1. The molecule has 0 aromatic carbocycles. The minimum absolute atomic E-state index is 0.144. The lowest BCUT2D eigenvalue weighted by atomic mass is 10.1. The standard InChI is InChI=1S/C9H11N5O2/c10-5-7-6-14(12-11-7)8-1-3-13(4-2-8)9(15)16/h6,8H,1-4H2,(H,15,16). The normalized spacial score (nSPS) is 17.1. The molecule has 16 heavy (non-hydrogen) atoms. The Balaban J connectivity index is 1.99. The van der Waals surface area contributed by atoms with Crippen LogP contribution in [0.3, 0.4) is 0 Å². The molecule has 1 aromatic rings. The van der Waals surface area contributed by atoms with Crippen LogP contribution < -0.4 is 0 Å². The maximum atomic E-state index is 10.7. The van der Waals surface area contributed by atoms with Gasteiger partial charge in [0.2, 0.25) is 0 Å². The molecule has 0 spiro atoms. The number of nitriles is 1. The van der Waals surface area contributed by atoms with Crippen molar-refractivity contribution in [3.05, 3.63) is 11.9 Å². The molecule has 1 saturated heterocycles. The van der Waals surface area contributed by atoms with Gasteiger partial charge in [0, 0.05) is 13.1 Å². The van der Waals surface area contributed by atoms with Gasteiger partial charge in [0.05, 0.1) is 12.2 Å². The second-order valence-corrected chi connectivity index (χ2v) is 3.70. The van der Waals surface area contributed by atoms with Crippen LogP contribution in [0.15, 0.2) is 6.20 Å². The zero-order chi connectivity index (χ0) is 11.5. The zero-order valence-corrected chi connectivity index (χ0v) is 8.57. The summed E-state index contributed by atoms with van der Waals surface area (Å²) in [5.41, 5.74) is 0.292. The molecule has 1 aliphatic rings. The van der Waals surface area contributed by atoms with Crippen molar-refractivity contribution >= 4 is 6.09 Å². The number of carboxylic acid groups (broad SMARTS) is 1.